The van der Waals surface area contributed by atoms with Crippen molar-refractivity contribution in [3.63, 3.8) is 0 Å². The van der Waals surface area contributed by atoms with E-state index < -0.39 is 24.0 Å². The number of urea groups is 1. The van der Waals surface area contributed by atoms with Crippen LogP contribution in [0.3, 0.4) is 0 Å². The number of carbonyl (C=O) groups excluding carboxylic acids is 3. The zero-order valence-corrected chi connectivity index (χ0v) is 17.9. The smallest absolute Gasteiger partial charge is 0.343 e. The van der Waals surface area contributed by atoms with Gasteiger partial charge in [0.1, 0.15) is 12.4 Å². The number of amides is 2. The number of nitrogens with one attached hydrogen (secondary N) is 2. The van der Waals surface area contributed by atoms with Gasteiger partial charge in [0.05, 0.1) is 17.2 Å². The molecular weight excluding hydrogens is 420 g/mol. The number of ether oxygens (including phenoxy) is 2. The van der Waals surface area contributed by atoms with E-state index in [1.54, 1.807) is 55.5 Å². The maximum atomic E-state index is 12.9. The van der Waals surface area contributed by atoms with E-state index in [0.717, 1.165) is 5.56 Å². The van der Waals surface area contributed by atoms with Crippen LogP contribution in [-0.4, -0.2) is 18.0 Å². The number of hydrogen-bond donors (Lipinski definition) is 2. The third-order valence-electron chi connectivity index (χ3n) is 5.14. The number of esters is 2. The molecule has 1 heterocycles. The topological polar surface area (TPSA) is 93.7 Å². The Balaban J connectivity index is 1.50. The molecule has 33 heavy (non-hydrogen) atoms. The Kier molecular flexibility index (Phi) is 6.50. The number of rotatable bonds is 6. The molecule has 4 rings (SSSR count). The lowest BCUT2D eigenvalue weighted by molar-refractivity contribution is -0.140. The molecule has 166 valence electrons. The van der Waals surface area contributed by atoms with Crippen LogP contribution in [0, 0.1) is 0 Å². The molecule has 1 aliphatic heterocycles. The molecule has 1 atom stereocenters. The molecular formula is C26H22N2O5. The van der Waals surface area contributed by atoms with E-state index in [9.17, 15) is 14.4 Å². The Labute approximate surface area is 191 Å². The van der Waals surface area contributed by atoms with E-state index in [4.69, 9.17) is 9.47 Å². The van der Waals surface area contributed by atoms with Gasteiger partial charge in [0.25, 0.3) is 0 Å². The molecule has 1 aliphatic rings. The van der Waals surface area contributed by atoms with Gasteiger partial charge in [0, 0.05) is 5.70 Å². The van der Waals surface area contributed by atoms with Gasteiger partial charge in [-0.25, -0.2) is 14.4 Å². The summed E-state index contributed by atoms with van der Waals surface area (Å²) in [5.74, 6) is -0.658. The normalized spacial score (nSPS) is 15.3. The minimum Gasteiger partial charge on any atom is -0.457 e. The Morgan fingerprint density at radius 1 is 0.848 bits per heavy atom. The third kappa shape index (κ3) is 5.27. The third-order valence-corrected chi connectivity index (χ3v) is 5.14. The summed E-state index contributed by atoms with van der Waals surface area (Å²) >= 11 is 0. The van der Waals surface area contributed by atoms with Crippen molar-refractivity contribution in [3.8, 4) is 5.75 Å². The van der Waals surface area contributed by atoms with Crippen molar-refractivity contribution in [2.45, 2.75) is 19.6 Å². The van der Waals surface area contributed by atoms with Gasteiger partial charge in [-0.15, -0.1) is 0 Å². The summed E-state index contributed by atoms with van der Waals surface area (Å²) < 4.78 is 10.9. The summed E-state index contributed by atoms with van der Waals surface area (Å²) in [6, 6.07) is 23.5. The van der Waals surface area contributed by atoms with Gasteiger partial charge < -0.3 is 20.1 Å². The number of hydrogen-bond acceptors (Lipinski definition) is 5. The SMILES string of the molecule is CC1=C(C(=O)OCc2ccccc2)[C@@H](c2ccc(OC(=O)c3ccccc3)cc2)NC(=O)N1. The summed E-state index contributed by atoms with van der Waals surface area (Å²) in [4.78, 5) is 37.3. The van der Waals surface area contributed by atoms with E-state index in [1.807, 2.05) is 36.4 Å². The maximum Gasteiger partial charge on any atom is 0.343 e. The fraction of sp³-hybridized carbons (Fsp3) is 0.115. The Hall–Kier alpha value is -4.39. The van der Waals surface area contributed by atoms with Crippen molar-refractivity contribution >= 4 is 18.0 Å². The zero-order chi connectivity index (χ0) is 23.2. The number of benzene rings is 3. The first-order valence-corrected chi connectivity index (χ1v) is 10.4. The molecule has 0 spiro atoms. The molecule has 0 bridgehead atoms. The summed E-state index contributed by atoms with van der Waals surface area (Å²) in [7, 11) is 0. The van der Waals surface area contributed by atoms with Crippen LogP contribution in [-0.2, 0) is 16.1 Å². The number of allylic oxidation sites excluding steroid dienone is 1. The van der Waals surface area contributed by atoms with Gasteiger partial charge in [-0.1, -0.05) is 60.7 Å². The van der Waals surface area contributed by atoms with Crippen LogP contribution in [0.1, 0.15) is 34.5 Å². The van der Waals surface area contributed by atoms with Crippen molar-refractivity contribution < 1.29 is 23.9 Å². The molecule has 3 aromatic carbocycles. The minimum atomic E-state index is -0.708. The molecule has 0 saturated heterocycles. The lowest BCUT2D eigenvalue weighted by Gasteiger charge is -2.28. The highest BCUT2D eigenvalue weighted by Crippen LogP contribution is 2.29. The predicted molar refractivity (Wildman–Crippen MR) is 121 cm³/mol. The molecule has 7 nitrogen and oxygen atoms in total. The molecule has 3 aromatic rings. The summed E-state index contributed by atoms with van der Waals surface area (Å²) in [6.45, 7) is 1.77. The van der Waals surface area contributed by atoms with Gasteiger partial charge in [0.2, 0.25) is 0 Å². The standard InChI is InChI=1S/C26H22N2O5/c1-17-22(25(30)32-16-18-8-4-2-5-9-18)23(28-26(31)27-17)19-12-14-21(15-13-19)33-24(29)20-10-6-3-7-11-20/h2-15,23H,16H2,1H3,(H2,27,28,31)/t23-/m1/s1. The molecule has 0 aromatic heterocycles. The lowest BCUT2D eigenvalue weighted by atomic mass is 9.95. The number of carbonyl (C=O) groups is 3. The second-order valence-electron chi connectivity index (χ2n) is 7.46. The second-order valence-corrected chi connectivity index (χ2v) is 7.46. The predicted octanol–water partition coefficient (Wildman–Crippen LogP) is 4.28. The van der Waals surface area contributed by atoms with Crippen LogP contribution in [0.25, 0.3) is 0 Å². The van der Waals surface area contributed by atoms with Crippen molar-refractivity contribution in [2.75, 3.05) is 0 Å². The molecule has 2 N–H and O–H groups in total. The quantitative estimate of drug-likeness (QED) is 0.439. The molecule has 0 saturated carbocycles. The molecule has 0 unspecified atom stereocenters. The van der Waals surface area contributed by atoms with Crippen LogP contribution < -0.4 is 15.4 Å². The summed E-state index contributed by atoms with van der Waals surface area (Å²) in [6.07, 6.45) is 0. The highest BCUT2D eigenvalue weighted by molar-refractivity contribution is 5.95. The lowest BCUT2D eigenvalue weighted by Crippen LogP contribution is -2.45. The average Bonchev–Trinajstić information content (AvgIpc) is 2.84. The molecule has 0 radical (unpaired) electrons. The molecule has 7 heteroatoms. The van der Waals surface area contributed by atoms with Crippen LogP contribution in [0.5, 0.6) is 5.75 Å². The fourth-order valence-electron chi connectivity index (χ4n) is 3.48. The summed E-state index contributed by atoms with van der Waals surface area (Å²) in [5.41, 5.74) is 2.67. The highest BCUT2D eigenvalue weighted by Gasteiger charge is 2.32. The van der Waals surface area contributed by atoms with Crippen LogP contribution in [0.4, 0.5) is 4.79 Å². The van der Waals surface area contributed by atoms with Gasteiger partial charge in [-0.05, 0) is 42.3 Å². The summed E-state index contributed by atoms with van der Waals surface area (Å²) in [5, 5.41) is 5.39. The van der Waals surface area contributed by atoms with Gasteiger partial charge in [-0.3, -0.25) is 0 Å². The minimum absolute atomic E-state index is 0.117. The van der Waals surface area contributed by atoms with E-state index in [0.29, 0.717) is 28.1 Å². The maximum absolute atomic E-state index is 12.9. The molecule has 0 fully saturated rings. The highest BCUT2D eigenvalue weighted by atomic mass is 16.5. The van der Waals surface area contributed by atoms with Crippen LogP contribution in [0.2, 0.25) is 0 Å². The Bertz CT molecular complexity index is 1190. The monoisotopic (exact) mass is 442 g/mol. The van der Waals surface area contributed by atoms with E-state index in [-0.39, 0.29) is 6.61 Å². The zero-order valence-electron chi connectivity index (χ0n) is 17.9. The van der Waals surface area contributed by atoms with E-state index in [2.05, 4.69) is 10.6 Å². The first-order valence-electron chi connectivity index (χ1n) is 10.4. The van der Waals surface area contributed by atoms with Crippen molar-refractivity contribution in [1.29, 1.82) is 0 Å². The largest absolute Gasteiger partial charge is 0.457 e. The van der Waals surface area contributed by atoms with Crippen molar-refractivity contribution in [2.24, 2.45) is 0 Å². The average molecular weight is 442 g/mol. The second kappa shape index (κ2) is 9.82. The Morgan fingerprint density at radius 2 is 1.48 bits per heavy atom. The van der Waals surface area contributed by atoms with Crippen molar-refractivity contribution in [1.82, 2.24) is 10.6 Å². The first-order chi connectivity index (χ1) is 16.0. The fourth-order valence-corrected chi connectivity index (χ4v) is 3.48. The van der Waals surface area contributed by atoms with Crippen LogP contribution >= 0.6 is 0 Å². The molecule has 2 amide bonds. The van der Waals surface area contributed by atoms with Crippen molar-refractivity contribution in [3.05, 3.63) is 113 Å². The van der Waals surface area contributed by atoms with Gasteiger partial charge in [-0.2, -0.15) is 0 Å². The van der Waals surface area contributed by atoms with Gasteiger partial charge in [0.15, 0.2) is 0 Å². The Morgan fingerprint density at radius 3 is 2.15 bits per heavy atom. The molecule has 0 aliphatic carbocycles. The first kappa shape index (κ1) is 21.8. The van der Waals surface area contributed by atoms with Crippen LogP contribution in [0.15, 0.2) is 96.2 Å². The van der Waals surface area contributed by atoms with E-state index in [1.165, 1.54) is 0 Å². The van der Waals surface area contributed by atoms with Gasteiger partial charge >= 0.3 is 18.0 Å². The van der Waals surface area contributed by atoms with E-state index >= 15 is 0 Å².